The Morgan fingerprint density at radius 1 is 1.18 bits per heavy atom. The predicted molar refractivity (Wildman–Crippen MR) is 125 cm³/mol. The number of hydrogen-bond acceptors (Lipinski definition) is 5. The highest BCUT2D eigenvalue weighted by atomic mass is 16.2. The lowest BCUT2D eigenvalue weighted by molar-refractivity contribution is -0.135. The summed E-state index contributed by atoms with van der Waals surface area (Å²) in [6.45, 7) is 5.17. The van der Waals surface area contributed by atoms with Gasteiger partial charge in [-0.3, -0.25) is 9.59 Å². The van der Waals surface area contributed by atoms with E-state index in [9.17, 15) is 14.9 Å². The molecule has 1 unspecified atom stereocenters. The predicted octanol–water partition coefficient (Wildman–Crippen LogP) is 2.53. The van der Waals surface area contributed by atoms with Gasteiger partial charge in [0.1, 0.15) is 11.9 Å². The molecule has 4 aliphatic rings. The number of piperazine rings is 1. The highest BCUT2D eigenvalue weighted by Crippen LogP contribution is 2.44. The lowest BCUT2D eigenvalue weighted by atomic mass is 9.95. The number of amides is 2. The molecule has 33 heavy (non-hydrogen) atoms. The molecule has 2 aliphatic carbocycles. The summed E-state index contributed by atoms with van der Waals surface area (Å²) < 4.78 is 0. The topological polar surface area (TPSA) is 80.5 Å². The fourth-order valence-electron chi connectivity index (χ4n) is 5.01. The van der Waals surface area contributed by atoms with Crippen LogP contribution in [0.4, 0.5) is 5.82 Å². The highest BCUT2D eigenvalue weighted by Gasteiger charge is 2.38. The van der Waals surface area contributed by atoms with E-state index in [0.717, 1.165) is 54.8 Å². The first-order valence-electron chi connectivity index (χ1n) is 12.0. The van der Waals surface area contributed by atoms with Crippen molar-refractivity contribution in [2.45, 2.75) is 51.0 Å². The number of nitrogens with zero attached hydrogens (tertiary/aromatic N) is 5. The molecule has 3 heterocycles. The van der Waals surface area contributed by atoms with E-state index in [2.05, 4.69) is 29.9 Å². The molecule has 2 saturated carbocycles. The van der Waals surface area contributed by atoms with Gasteiger partial charge in [0, 0.05) is 56.2 Å². The molecule has 7 nitrogen and oxygen atoms in total. The first kappa shape index (κ1) is 21.5. The maximum Gasteiger partial charge on any atom is 0.298 e. The fourth-order valence-corrected chi connectivity index (χ4v) is 5.01. The van der Waals surface area contributed by atoms with Crippen LogP contribution in [-0.4, -0.2) is 65.4 Å². The van der Waals surface area contributed by atoms with Gasteiger partial charge in [-0.2, -0.15) is 5.26 Å². The molecule has 0 bridgehead atoms. The minimum absolute atomic E-state index is 0.0913. The maximum atomic E-state index is 12.6. The van der Waals surface area contributed by atoms with E-state index in [-0.39, 0.29) is 23.8 Å². The third kappa shape index (κ3) is 4.20. The number of nitriles is 1. The van der Waals surface area contributed by atoms with E-state index >= 15 is 0 Å². The summed E-state index contributed by atoms with van der Waals surface area (Å²) in [5, 5.41) is 9.99. The second-order valence-corrected chi connectivity index (χ2v) is 9.67. The van der Waals surface area contributed by atoms with Gasteiger partial charge in [0.25, 0.3) is 5.91 Å². The van der Waals surface area contributed by atoms with Crippen LogP contribution in [0.25, 0.3) is 5.57 Å². The lowest BCUT2D eigenvalue weighted by Crippen LogP contribution is -2.55. The standard InChI is InChI=1S/C26H29N5O2/c1-3-23(32)29-10-4-5-20(16-29)22-13-21(14-27)25(28-24(22)18-6-7-18)30-11-12-31(17(2)15-30)26(33)19-8-9-19/h1,5,13,17-19H,4,6-12,15-16H2,2H3. The van der Waals surface area contributed by atoms with E-state index in [0.29, 0.717) is 44.2 Å². The largest absolute Gasteiger partial charge is 0.352 e. The lowest BCUT2D eigenvalue weighted by Gasteiger charge is -2.41. The molecule has 1 atom stereocenters. The first-order chi connectivity index (χ1) is 16.0. The van der Waals surface area contributed by atoms with Crippen LogP contribution in [0, 0.1) is 29.6 Å². The van der Waals surface area contributed by atoms with Crippen molar-refractivity contribution in [2.24, 2.45) is 5.92 Å². The summed E-state index contributed by atoms with van der Waals surface area (Å²) in [4.78, 5) is 35.6. The van der Waals surface area contributed by atoms with Crippen LogP contribution >= 0.6 is 0 Å². The number of carbonyl (C=O) groups is 2. The van der Waals surface area contributed by atoms with Gasteiger partial charge in [0.15, 0.2) is 0 Å². The summed E-state index contributed by atoms with van der Waals surface area (Å²) >= 11 is 0. The molecule has 1 aromatic heterocycles. The Hall–Kier alpha value is -3.32. The van der Waals surface area contributed by atoms with Crippen LogP contribution < -0.4 is 4.90 Å². The zero-order valence-corrected chi connectivity index (χ0v) is 19.1. The van der Waals surface area contributed by atoms with E-state index in [4.69, 9.17) is 11.4 Å². The zero-order chi connectivity index (χ0) is 23.1. The minimum atomic E-state index is -0.300. The number of pyridine rings is 1. The monoisotopic (exact) mass is 443 g/mol. The van der Waals surface area contributed by atoms with Gasteiger partial charge in [-0.25, -0.2) is 4.98 Å². The molecule has 5 rings (SSSR count). The fraction of sp³-hybridized carbons (Fsp3) is 0.538. The van der Waals surface area contributed by atoms with Crippen molar-refractivity contribution >= 4 is 23.2 Å². The van der Waals surface area contributed by atoms with Crippen molar-refractivity contribution < 1.29 is 9.59 Å². The Morgan fingerprint density at radius 3 is 2.61 bits per heavy atom. The Bertz CT molecular complexity index is 1100. The molecule has 2 aliphatic heterocycles. The normalized spacial score (nSPS) is 22.9. The quantitative estimate of drug-likeness (QED) is 0.668. The van der Waals surface area contributed by atoms with Crippen molar-refractivity contribution in [3.05, 3.63) is 29.0 Å². The van der Waals surface area contributed by atoms with Gasteiger partial charge in [-0.1, -0.05) is 6.08 Å². The van der Waals surface area contributed by atoms with Gasteiger partial charge in [0.05, 0.1) is 11.3 Å². The number of anilines is 1. The van der Waals surface area contributed by atoms with Crippen LogP contribution in [0.2, 0.25) is 0 Å². The van der Waals surface area contributed by atoms with Gasteiger partial charge < -0.3 is 14.7 Å². The van der Waals surface area contributed by atoms with Crippen LogP contribution in [-0.2, 0) is 9.59 Å². The molecular weight excluding hydrogens is 414 g/mol. The summed E-state index contributed by atoms with van der Waals surface area (Å²) in [6, 6.07) is 4.40. The zero-order valence-electron chi connectivity index (χ0n) is 19.1. The third-order valence-corrected chi connectivity index (χ3v) is 7.16. The van der Waals surface area contributed by atoms with Crippen LogP contribution in [0.3, 0.4) is 0 Å². The summed E-state index contributed by atoms with van der Waals surface area (Å²) in [5.41, 5.74) is 3.57. The van der Waals surface area contributed by atoms with Crippen molar-refractivity contribution in [2.75, 3.05) is 37.6 Å². The van der Waals surface area contributed by atoms with Gasteiger partial charge in [-0.15, -0.1) is 6.42 Å². The van der Waals surface area contributed by atoms with Crippen molar-refractivity contribution in [3.8, 4) is 18.4 Å². The van der Waals surface area contributed by atoms with Crippen molar-refractivity contribution in [1.29, 1.82) is 5.26 Å². The van der Waals surface area contributed by atoms with Gasteiger partial charge >= 0.3 is 0 Å². The molecule has 7 heteroatoms. The molecular formula is C26H29N5O2. The van der Waals surface area contributed by atoms with Crippen LogP contribution in [0.5, 0.6) is 0 Å². The number of carbonyl (C=O) groups excluding carboxylic acids is 2. The van der Waals surface area contributed by atoms with Crippen molar-refractivity contribution in [1.82, 2.24) is 14.8 Å². The smallest absolute Gasteiger partial charge is 0.298 e. The number of terminal acetylenes is 1. The number of aromatic nitrogens is 1. The molecule has 1 aromatic rings. The van der Waals surface area contributed by atoms with E-state index in [1.807, 2.05) is 11.0 Å². The Labute approximate surface area is 195 Å². The van der Waals surface area contributed by atoms with Crippen LogP contribution in [0.15, 0.2) is 12.1 Å². The highest BCUT2D eigenvalue weighted by molar-refractivity contribution is 5.94. The molecule has 0 spiro atoms. The molecule has 2 amide bonds. The average molecular weight is 444 g/mol. The minimum Gasteiger partial charge on any atom is -0.352 e. The number of hydrogen-bond donors (Lipinski definition) is 0. The average Bonchev–Trinajstić information content (AvgIpc) is 3.75. The SMILES string of the molecule is C#CC(=O)N1CCC=C(c2cc(C#N)c(N3CCN(C(=O)C4CC4)C(C)C3)nc2C2CC2)C1. The Balaban J connectivity index is 1.43. The molecule has 170 valence electrons. The molecule has 0 aromatic carbocycles. The van der Waals surface area contributed by atoms with Crippen molar-refractivity contribution in [3.63, 3.8) is 0 Å². The Morgan fingerprint density at radius 2 is 1.97 bits per heavy atom. The van der Waals surface area contributed by atoms with E-state index in [1.54, 1.807) is 4.90 Å². The molecule has 1 saturated heterocycles. The first-order valence-corrected chi connectivity index (χ1v) is 12.0. The molecule has 3 fully saturated rings. The summed E-state index contributed by atoms with van der Waals surface area (Å²) in [5.74, 6) is 3.53. The van der Waals surface area contributed by atoms with Crippen LogP contribution in [0.1, 0.15) is 61.8 Å². The maximum absolute atomic E-state index is 12.6. The van der Waals surface area contributed by atoms with E-state index < -0.39 is 0 Å². The molecule has 0 N–H and O–H groups in total. The third-order valence-electron chi connectivity index (χ3n) is 7.16. The Kier molecular flexibility index (Phi) is 5.58. The van der Waals surface area contributed by atoms with E-state index in [1.165, 1.54) is 0 Å². The van der Waals surface area contributed by atoms with Gasteiger partial charge in [-0.05, 0) is 56.6 Å². The number of rotatable bonds is 4. The molecule has 0 radical (unpaired) electrons. The summed E-state index contributed by atoms with van der Waals surface area (Å²) in [7, 11) is 0. The summed E-state index contributed by atoms with van der Waals surface area (Å²) in [6.07, 6.45) is 12.4. The van der Waals surface area contributed by atoms with Gasteiger partial charge in [0.2, 0.25) is 5.91 Å². The second kappa shape index (κ2) is 8.56. The second-order valence-electron chi connectivity index (χ2n) is 9.67.